The average Bonchev–Trinajstić information content (AvgIpc) is 3.42. The van der Waals surface area contributed by atoms with Gasteiger partial charge in [0.25, 0.3) is 0 Å². The van der Waals surface area contributed by atoms with Crippen LogP contribution in [0.3, 0.4) is 0 Å². The molecule has 3 aromatic heterocycles. The number of esters is 1. The van der Waals surface area contributed by atoms with Crippen molar-refractivity contribution in [3.05, 3.63) is 60.7 Å². The second kappa shape index (κ2) is 8.24. The van der Waals surface area contributed by atoms with E-state index in [0.717, 1.165) is 0 Å². The van der Waals surface area contributed by atoms with E-state index < -0.39 is 22.2 Å². The largest absolute Gasteiger partial charge is 0.546 e. The number of quaternary nitrogens is 1. The van der Waals surface area contributed by atoms with Crippen molar-refractivity contribution in [2.45, 2.75) is 26.3 Å². The Balaban J connectivity index is 1.76. The van der Waals surface area contributed by atoms with Crippen molar-refractivity contribution in [1.29, 1.82) is 0 Å². The molecule has 1 aromatic carbocycles. The molecule has 0 saturated heterocycles. The molecule has 0 fully saturated rings. The van der Waals surface area contributed by atoms with Crippen LogP contribution in [0.15, 0.2) is 64.6 Å². The van der Waals surface area contributed by atoms with Gasteiger partial charge in [-0.3, -0.25) is 4.98 Å². The number of rotatable bonds is 4. The van der Waals surface area contributed by atoms with Gasteiger partial charge in [0.2, 0.25) is 5.71 Å². The van der Waals surface area contributed by atoms with Crippen LogP contribution >= 0.6 is 0 Å². The maximum Gasteiger partial charge on any atom is 0.546 e. The number of ether oxygens (including phenoxy) is 1. The molecule has 4 aromatic rings. The minimum Gasteiger partial charge on any atom is -0.464 e. The van der Waals surface area contributed by atoms with E-state index in [2.05, 4.69) is 25.4 Å². The van der Waals surface area contributed by atoms with E-state index in [4.69, 9.17) is 9.15 Å². The number of carboxylic acid groups (broad SMARTS) is 1. The van der Waals surface area contributed by atoms with Gasteiger partial charge >= 0.3 is 12.1 Å². The maximum atomic E-state index is 12.8. The minimum absolute atomic E-state index is 0.0973. The molecule has 1 aliphatic rings. The lowest BCUT2D eigenvalue weighted by molar-refractivity contribution is -0.132. The zero-order chi connectivity index (χ0) is 25.7. The molecule has 1 aliphatic heterocycles. The number of methoxy groups -OCH3 is 1. The number of fused-ring (bicyclic) bond motifs is 2. The lowest BCUT2D eigenvalue weighted by atomic mass is 10.00. The van der Waals surface area contributed by atoms with E-state index in [1.807, 2.05) is 0 Å². The number of carbonyl (C=O) groups excluding carboxylic acids is 1. The SMILES string of the molecule is COC(=O)C1=N[N+](C(=O)O)(C(C)(C)C)c2cccc(Nc3c(-c4ncccn4)oc4cnccc34)c21. The number of benzene rings is 1. The van der Waals surface area contributed by atoms with Crippen molar-refractivity contribution in [2.24, 2.45) is 5.10 Å². The molecule has 0 saturated carbocycles. The van der Waals surface area contributed by atoms with E-state index in [9.17, 15) is 14.7 Å². The first-order valence-corrected chi connectivity index (χ1v) is 11.0. The number of amides is 1. The topological polar surface area (TPSA) is 140 Å². The molecule has 2 N–H and O–H groups in total. The fourth-order valence-corrected chi connectivity index (χ4v) is 4.38. The number of nitrogens with zero attached hydrogens (tertiary/aromatic N) is 5. The molecule has 11 heteroatoms. The van der Waals surface area contributed by atoms with Gasteiger partial charge in [0.05, 0.1) is 24.7 Å². The van der Waals surface area contributed by atoms with Gasteiger partial charge in [-0.05, 0) is 39.0 Å². The molecular formula is C25H23N6O5+. The molecule has 36 heavy (non-hydrogen) atoms. The first kappa shape index (κ1) is 23.1. The number of nitrogens with one attached hydrogen (secondary N) is 1. The molecule has 1 atom stereocenters. The van der Waals surface area contributed by atoms with Crippen LogP contribution in [0.2, 0.25) is 0 Å². The Morgan fingerprint density at radius 2 is 1.83 bits per heavy atom. The summed E-state index contributed by atoms with van der Waals surface area (Å²) >= 11 is 0. The molecule has 11 nitrogen and oxygen atoms in total. The molecule has 5 rings (SSSR count). The van der Waals surface area contributed by atoms with Gasteiger partial charge in [-0.2, -0.15) is 4.79 Å². The number of hydrogen-bond donors (Lipinski definition) is 2. The van der Waals surface area contributed by atoms with E-state index in [1.165, 1.54) is 7.11 Å². The van der Waals surface area contributed by atoms with Crippen molar-refractivity contribution in [2.75, 3.05) is 12.4 Å². The third-order valence-electron chi connectivity index (χ3n) is 6.03. The molecule has 182 valence electrons. The zero-order valence-corrected chi connectivity index (χ0v) is 20.0. The summed E-state index contributed by atoms with van der Waals surface area (Å²) in [5.74, 6) is -0.0413. The van der Waals surface area contributed by atoms with Gasteiger partial charge in [0.1, 0.15) is 11.1 Å². The fraction of sp³-hybridized carbons (Fsp3) is 0.200. The summed E-state index contributed by atoms with van der Waals surface area (Å²) in [5, 5.41) is 18.8. The van der Waals surface area contributed by atoms with E-state index >= 15 is 0 Å². The predicted octanol–water partition coefficient (Wildman–Crippen LogP) is 4.70. The normalized spacial score (nSPS) is 16.9. The number of hydrogen-bond acceptors (Lipinski definition) is 9. The van der Waals surface area contributed by atoms with Crippen molar-refractivity contribution in [3.63, 3.8) is 0 Å². The fourth-order valence-electron chi connectivity index (χ4n) is 4.38. The Labute approximate surface area is 205 Å². The molecule has 4 heterocycles. The van der Waals surface area contributed by atoms with Gasteiger partial charge in [-0.1, -0.05) is 15.8 Å². The summed E-state index contributed by atoms with van der Waals surface area (Å²) in [6.45, 7) is 5.24. The van der Waals surface area contributed by atoms with Gasteiger partial charge in [0, 0.05) is 30.0 Å². The number of anilines is 2. The smallest absolute Gasteiger partial charge is 0.464 e. The molecule has 0 radical (unpaired) electrons. The van der Waals surface area contributed by atoms with Crippen LogP contribution in [0.25, 0.3) is 22.6 Å². The highest BCUT2D eigenvalue weighted by Gasteiger charge is 2.58. The molecule has 1 unspecified atom stereocenters. The van der Waals surface area contributed by atoms with Gasteiger partial charge < -0.3 is 19.6 Å². The van der Waals surface area contributed by atoms with Crippen LogP contribution < -0.4 is 9.91 Å². The van der Waals surface area contributed by atoms with Crippen molar-refractivity contribution >= 4 is 45.8 Å². The quantitative estimate of drug-likeness (QED) is 0.309. The molecule has 0 spiro atoms. The van der Waals surface area contributed by atoms with Crippen molar-refractivity contribution in [3.8, 4) is 11.6 Å². The van der Waals surface area contributed by atoms with Gasteiger partial charge in [-0.25, -0.2) is 14.8 Å². The van der Waals surface area contributed by atoms with Crippen LogP contribution in [0.5, 0.6) is 0 Å². The second-order valence-corrected chi connectivity index (χ2v) is 9.10. The van der Waals surface area contributed by atoms with Crippen LogP contribution in [-0.2, 0) is 9.53 Å². The summed E-state index contributed by atoms with van der Waals surface area (Å²) in [6, 6.07) is 8.56. The van der Waals surface area contributed by atoms with Crippen molar-refractivity contribution < 1.29 is 23.8 Å². The molecule has 1 amide bonds. The average molecular weight is 487 g/mol. The summed E-state index contributed by atoms with van der Waals surface area (Å²) in [6.07, 6.45) is 5.18. The highest BCUT2D eigenvalue weighted by atomic mass is 16.5. The number of aromatic nitrogens is 3. The van der Waals surface area contributed by atoms with Crippen LogP contribution in [0.4, 0.5) is 21.9 Å². The number of furan rings is 1. The monoisotopic (exact) mass is 487 g/mol. The van der Waals surface area contributed by atoms with Crippen LogP contribution in [-0.4, -0.2) is 50.5 Å². The van der Waals surface area contributed by atoms with Gasteiger partial charge in [0.15, 0.2) is 22.9 Å². The van der Waals surface area contributed by atoms with Crippen LogP contribution in [0.1, 0.15) is 26.3 Å². The Bertz CT molecular complexity index is 1540. The molecule has 0 aliphatic carbocycles. The first-order chi connectivity index (χ1) is 17.2. The zero-order valence-electron chi connectivity index (χ0n) is 20.0. The van der Waals surface area contributed by atoms with E-state index in [1.54, 1.807) is 75.9 Å². The summed E-state index contributed by atoms with van der Waals surface area (Å²) in [7, 11) is 1.23. The van der Waals surface area contributed by atoms with E-state index in [-0.39, 0.29) is 5.71 Å². The highest BCUT2D eigenvalue weighted by Crippen LogP contribution is 2.47. The lowest BCUT2D eigenvalue weighted by Gasteiger charge is -2.35. The predicted molar refractivity (Wildman–Crippen MR) is 133 cm³/mol. The Kier molecular flexibility index (Phi) is 5.29. The summed E-state index contributed by atoms with van der Waals surface area (Å²) < 4.78 is 10.2. The van der Waals surface area contributed by atoms with Crippen molar-refractivity contribution in [1.82, 2.24) is 19.5 Å². The number of carbonyl (C=O) groups is 2. The maximum absolute atomic E-state index is 12.8. The molecule has 0 bridgehead atoms. The summed E-state index contributed by atoms with van der Waals surface area (Å²) in [4.78, 5) is 38.3. The molecular weight excluding hydrogens is 464 g/mol. The third kappa shape index (κ3) is 3.32. The van der Waals surface area contributed by atoms with Gasteiger partial charge in [-0.15, -0.1) is 0 Å². The minimum atomic E-state index is -1.22. The first-order valence-electron chi connectivity index (χ1n) is 11.0. The van der Waals surface area contributed by atoms with E-state index in [0.29, 0.717) is 45.2 Å². The standard InChI is InChI=1S/C25H22N6O5/c1-25(2,3)31(24(33)34)16-8-5-7-15(18(16)20(30-31)23(32)35-4)29-19-14-9-12-26-13-17(14)36-21(19)22-27-10-6-11-28-22/h5-13H,1-4H3,(H-,27,28,29,30,33,34)/p+1. The number of pyridine rings is 1. The summed E-state index contributed by atoms with van der Waals surface area (Å²) in [5.41, 5.74) is 1.11. The Hall–Kier alpha value is -4.64. The van der Waals surface area contributed by atoms with Crippen LogP contribution in [0, 0.1) is 0 Å². The highest BCUT2D eigenvalue weighted by molar-refractivity contribution is 6.47. The Morgan fingerprint density at radius 3 is 2.50 bits per heavy atom. The second-order valence-electron chi connectivity index (χ2n) is 9.10. The Morgan fingerprint density at radius 1 is 1.08 bits per heavy atom. The third-order valence-corrected chi connectivity index (χ3v) is 6.03. The lowest BCUT2D eigenvalue weighted by Crippen LogP contribution is -2.60.